The molecule has 30 heavy (non-hydrogen) atoms. The lowest BCUT2D eigenvalue weighted by Gasteiger charge is -2.36. The number of amides is 3. The average Bonchev–Trinajstić information content (AvgIpc) is 3.46. The summed E-state index contributed by atoms with van der Waals surface area (Å²) >= 11 is 0. The monoisotopic (exact) mass is 401 g/mol. The Hall–Kier alpha value is -2.99. The van der Waals surface area contributed by atoms with E-state index in [9.17, 15) is 14.4 Å². The molecular formula is C24H23N3O3. The van der Waals surface area contributed by atoms with Gasteiger partial charge in [-0.25, -0.2) is 4.90 Å². The Labute approximate surface area is 174 Å². The summed E-state index contributed by atoms with van der Waals surface area (Å²) in [6.07, 6.45) is 2.66. The van der Waals surface area contributed by atoms with E-state index in [0.29, 0.717) is 5.69 Å². The second kappa shape index (κ2) is 6.01. The van der Waals surface area contributed by atoms with Gasteiger partial charge in [-0.1, -0.05) is 37.3 Å². The molecule has 1 spiro atoms. The van der Waals surface area contributed by atoms with Crippen LogP contribution in [0.1, 0.15) is 30.9 Å². The zero-order chi connectivity index (χ0) is 20.6. The normalized spacial score (nSPS) is 32.0. The first kappa shape index (κ1) is 17.8. The molecule has 0 aliphatic carbocycles. The fourth-order valence-corrected chi connectivity index (χ4v) is 6.29. The van der Waals surface area contributed by atoms with Gasteiger partial charge in [0.25, 0.3) is 0 Å². The summed E-state index contributed by atoms with van der Waals surface area (Å²) in [6, 6.07) is 15.1. The first-order valence-electron chi connectivity index (χ1n) is 10.7. The molecule has 4 heterocycles. The lowest BCUT2D eigenvalue weighted by Crippen LogP contribution is -2.54. The maximum absolute atomic E-state index is 13.8. The zero-order valence-electron chi connectivity index (χ0n) is 16.8. The van der Waals surface area contributed by atoms with Crippen LogP contribution >= 0.6 is 0 Å². The van der Waals surface area contributed by atoms with Gasteiger partial charge in [0.15, 0.2) is 0 Å². The number of carbonyl (C=O) groups excluding carboxylic acids is 3. The van der Waals surface area contributed by atoms with Crippen molar-refractivity contribution in [3.63, 3.8) is 0 Å². The molecule has 6 rings (SSSR count). The minimum absolute atomic E-state index is 0.0803. The molecule has 4 aliphatic heterocycles. The van der Waals surface area contributed by atoms with Crippen molar-refractivity contribution in [1.29, 1.82) is 0 Å². The number of benzene rings is 2. The summed E-state index contributed by atoms with van der Waals surface area (Å²) < 4.78 is 0. The van der Waals surface area contributed by atoms with Gasteiger partial charge in [-0.15, -0.1) is 0 Å². The van der Waals surface area contributed by atoms with E-state index in [1.807, 2.05) is 48.5 Å². The number of rotatable bonds is 2. The van der Waals surface area contributed by atoms with E-state index in [1.165, 1.54) is 4.90 Å². The highest BCUT2D eigenvalue weighted by molar-refractivity contribution is 6.25. The van der Waals surface area contributed by atoms with Gasteiger partial charge in [0.2, 0.25) is 17.7 Å². The van der Waals surface area contributed by atoms with E-state index in [0.717, 1.165) is 42.6 Å². The third kappa shape index (κ3) is 1.95. The van der Waals surface area contributed by atoms with Gasteiger partial charge in [-0.05, 0) is 49.6 Å². The van der Waals surface area contributed by atoms with Crippen molar-refractivity contribution in [3.05, 3.63) is 59.7 Å². The van der Waals surface area contributed by atoms with Crippen LogP contribution in [0.15, 0.2) is 48.5 Å². The number of fused-ring (bicyclic) bond motifs is 7. The minimum atomic E-state index is -1.09. The molecule has 2 aromatic carbocycles. The molecule has 1 N–H and O–H groups in total. The highest BCUT2D eigenvalue weighted by atomic mass is 16.2. The molecule has 6 heteroatoms. The van der Waals surface area contributed by atoms with Gasteiger partial charge in [0.05, 0.1) is 17.5 Å². The molecule has 4 atom stereocenters. The standard InChI is InChI=1S/C24H23N3O3/c1-2-14-9-11-15(12-10-14)27-21(28)19-18-8-5-13-26(18)24(20(19)22(27)29)16-6-3-4-7-17(16)25-23(24)30/h3-4,6-7,9-12,18-20H,2,5,8,13H2,1H3,(H,25,30). The van der Waals surface area contributed by atoms with Crippen molar-refractivity contribution in [2.24, 2.45) is 11.8 Å². The predicted octanol–water partition coefficient (Wildman–Crippen LogP) is 2.68. The average molecular weight is 401 g/mol. The van der Waals surface area contributed by atoms with Crippen LogP contribution in [0.4, 0.5) is 11.4 Å². The molecule has 0 radical (unpaired) electrons. The summed E-state index contributed by atoms with van der Waals surface area (Å²) in [5.41, 5.74) is 2.25. The molecule has 3 saturated heterocycles. The Bertz CT molecular complexity index is 1100. The Morgan fingerprint density at radius 2 is 1.80 bits per heavy atom. The van der Waals surface area contributed by atoms with Crippen LogP contribution in [0, 0.1) is 11.8 Å². The van der Waals surface area contributed by atoms with Gasteiger partial charge >= 0.3 is 0 Å². The van der Waals surface area contributed by atoms with Crippen LogP contribution in [0.3, 0.4) is 0 Å². The van der Waals surface area contributed by atoms with Gasteiger partial charge in [-0.2, -0.15) is 0 Å². The number of nitrogens with zero attached hydrogens (tertiary/aromatic N) is 2. The maximum atomic E-state index is 13.8. The Morgan fingerprint density at radius 1 is 1.03 bits per heavy atom. The summed E-state index contributed by atoms with van der Waals surface area (Å²) in [7, 11) is 0. The number of aryl methyl sites for hydroxylation is 1. The molecule has 3 amide bonds. The van der Waals surface area contributed by atoms with Gasteiger partial charge in [0, 0.05) is 17.3 Å². The Morgan fingerprint density at radius 3 is 2.57 bits per heavy atom. The van der Waals surface area contributed by atoms with Crippen LogP contribution in [0.5, 0.6) is 0 Å². The fraction of sp³-hybridized carbons (Fsp3) is 0.375. The Balaban J connectivity index is 1.52. The highest BCUT2D eigenvalue weighted by Gasteiger charge is 2.74. The van der Waals surface area contributed by atoms with Gasteiger partial charge in [0.1, 0.15) is 5.54 Å². The second-order valence-electron chi connectivity index (χ2n) is 8.70. The van der Waals surface area contributed by atoms with E-state index in [4.69, 9.17) is 0 Å². The molecule has 4 unspecified atom stereocenters. The van der Waals surface area contributed by atoms with Crippen molar-refractivity contribution < 1.29 is 14.4 Å². The van der Waals surface area contributed by atoms with Crippen molar-refractivity contribution in [1.82, 2.24) is 4.90 Å². The number of nitrogens with one attached hydrogen (secondary N) is 1. The Kier molecular flexibility index (Phi) is 3.58. The van der Waals surface area contributed by atoms with Crippen molar-refractivity contribution in [3.8, 4) is 0 Å². The lowest BCUT2D eigenvalue weighted by molar-refractivity contribution is -0.135. The number of para-hydroxylation sites is 1. The van der Waals surface area contributed by atoms with Crippen LogP contribution in [-0.4, -0.2) is 35.2 Å². The van der Waals surface area contributed by atoms with Crippen LogP contribution in [-0.2, 0) is 26.3 Å². The summed E-state index contributed by atoms with van der Waals surface area (Å²) in [6.45, 7) is 2.80. The molecular weight excluding hydrogens is 378 g/mol. The number of anilines is 2. The lowest BCUT2D eigenvalue weighted by atomic mass is 9.75. The van der Waals surface area contributed by atoms with E-state index < -0.39 is 17.4 Å². The number of carbonyl (C=O) groups is 3. The van der Waals surface area contributed by atoms with Gasteiger partial charge in [-0.3, -0.25) is 19.3 Å². The molecule has 2 aromatic rings. The molecule has 152 valence electrons. The van der Waals surface area contributed by atoms with E-state index in [-0.39, 0.29) is 23.8 Å². The molecule has 4 aliphatic rings. The molecule has 3 fully saturated rings. The predicted molar refractivity (Wildman–Crippen MR) is 112 cm³/mol. The second-order valence-corrected chi connectivity index (χ2v) is 8.70. The summed E-state index contributed by atoms with van der Waals surface area (Å²) in [4.78, 5) is 44.4. The third-order valence-electron chi connectivity index (χ3n) is 7.50. The van der Waals surface area contributed by atoms with E-state index >= 15 is 0 Å². The SMILES string of the molecule is CCc1ccc(N2C(=O)C3C4CCCN4C4(C(=O)Nc5ccccc54)C3C2=O)cc1. The van der Waals surface area contributed by atoms with Gasteiger partial charge < -0.3 is 5.32 Å². The van der Waals surface area contributed by atoms with Crippen molar-refractivity contribution in [2.75, 3.05) is 16.8 Å². The van der Waals surface area contributed by atoms with Crippen LogP contribution in [0.25, 0.3) is 0 Å². The summed E-state index contributed by atoms with van der Waals surface area (Å²) in [5, 5.41) is 3.00. The number of hydrogen-bond donors (Lipinski definition) is 1. The smallest absolute Gasteiger partial charge is 0.250 e. The topological polar surface area (TPSA) is 69.7 Å². The first-order chi connectivity index (χ1) is 14.6. The zero-order valence-corrected chi connectivity index (χ0v) is 16.8. The summed E-state index contributed by atoms with van der Waals surface area (Å²) in [5.74, 6) is -1.77. The van der Waals surface area contributed by atoms with Crippen LogP contribution < -0.4 is 10.2 Å². The molecule has 6 nitrogen and oxygen atoms in total. The van der Waals surface area contributed by atoms with Crippen molar-refractivity contribution in [2.45, 2.75) is 37.8 Å². The highest BCUT2D eigenvalue weighted by Crippen LogP contribution is 2.60. The van der Waals surface area contributed by atoms with Crippen molar-refractivity contribution >= 4 is 29.1 Å². The molecule has 0 bridgehead atoms. The number of imide groups is 1. The quantitative estimate of drug-likeness (QED) is 0.786. The first-order valence-corrected chi connectivity index (χ1v) is 10.7. The van der Waals surface area contributed by atoms with Crippen LogP contribution in [0.2, 0.25) is 0 Å². The van der Waals surface area contributed by atoms with E-state index in [1.54, 1.807) is 0 Å². The minimum Gasteiger partial charge on any atom is -0.324 e. The maximum Gasteiger partial charge on any atom is 0.250 e. The van der Waals surface area contributed by atoms with E-state index in [2.05, 4.69) is 17.1 Å². The molecule has 0 saturated carbocycles. The fourth-order valence-electron chi connectivity index (χ4n) is 6.29. The number of hydrogen-bond acceptors (Lipinski definition) is 4. The largest absolute Gasteiger partial charge is 0.324 e. The molecule has 0 aromatic heterocycles. The third-order valence-corrected chi connectivity index (χ3v) is 7.50.